The Morgan fingerprint density at radius 3 is 2.75 bits per heavy atom. The van der Waals surface area contributed by atoms with Crippen LogP contribution in [-0.4, -0.2) is 13.0 Å². The Labute approximate surface area is 114 Å². The van der Waals surface area contributed by atoms with E-state index in [2.05, 4.69) is 4.84 Å². The van der Waals surface area contributed by atoms with Crippen molar-refractivity contribution in [1.29, 1.82) is 0 Å². The SMILES string of the molecule is O=c1oc2cc(ONS(=O)(=O)O)ccc2c2c1CCC2. The molecular weight excluding hydrogens is 286 g/mol. The molecular formula is C12H11NO6S. The quantitative estimate of drug-likeness (QED) is 0.497. The molecule has 0 atom stereocenters. The minimum Gasteiger partial charge on any atom is -0.422 e. The highest BCUT2D eigenvalue weighted by molar-refractivity contribution is 7.83. The van der Waals surface area contributed by atoms with Crippen molar-refractivity contribution in [2.45, 2.75) is 19.3 Å². The lowest BCUT2D eigenvalue weighted by molar-refractivity contribution is 0.251. The van der Waals surface area contributed by atoms with E-state index in [1.54, 1.807) is 6.07 Å². The molecule has 0 bridgehead atoms. The van der Waals surface area contributed by atoms with E-state index in [1.807, 2.05) is 0 Å². The van der Waals surface area contributed by atoms with Gasteiger partial charge in [0.2, 0.25) is 0 Å². The Morgan fingerprint density at radius 2 is 2.00 bits per heavy atom. The highest BCUT2D eigenvalue weighted by atomic mass is 32.2. The second-order valence-corrected chi connectivity index (χ2v) is 5.64. The second-order valence-electron chi connectivity index (χ2n) is 4.52. The van der Waals surface area contributed by atoms with Gasteiger partial charge in [-0.3, -0.25) is 4.55 Å². The summed E-state index contributed by atoms with van der Waals surface area (Å²) in [5, 5.41) is 0.816. The molecule has 0 spiro atoms. The third-order valence-corrected chi connectivity index (χ3v) is 3.50. The van der Waals surface area contributed by atoms with Crippen molar-refractivity contribution in [2.24, 2.45) is 0 Å². The third-order valence-electron chi connectivity index (χ3n) is 3.21. The molecule has 0 saturated heterocycles. The summed E-state index contributed by atoms with van der Waals surface area (Å²) in [6.07, 6.45) is 2.46. The summed E-state index contributed by atoms with van der Waals surface area (Å²) >= 11 is 0. The topological polar surface area (TPSA) is 106 Å². The maximum absolute atomic E-state index is 11.8. The van der Waals surface area contributed by atoms with Gasteiger partial charge in [0.1, 0.15) is 5.58 Å². The molecule has 1 aliphatic rings. The summed E-state index contributed by atoms with van der Waals surface area (Å²) in [4.78, 5) is 18.0. The first kappa shape index (κ1) is 13.1. The predicted octanol–water partition coefficient (Wildman–Crippen LogP) is 0.968. The van der Waals surface area contributed by atoms with Gasteiger partial charge >= 0.3 is 15.9 Å². The van der Waals surface area contributed by atoms with E-state index >= 15 is 0 Å². The Kier molecular flexibility index (Phi) is 3.00. The molecule has 8 heteroatoms. The molecule has 1 aromatic carbocycles. The normalized spacial score (nSPS) is 14.4. The van der Waals surface area contributed by atoms with Crippen LogP contribution in [0.25, 0.3) is 11.0 Å². The fraction of sp³-hybridized carbons (Fsp3) is 0.250. The lowest BCUT2D eigenvalue weighted by Crippen LogP contribution is -2.26. The van der Waals surface area contributed by atoms with Crippen molar-refractivity contribution in [3.05, 3.63) is 39.7 Å². The Balaban J connectivity index is 2.04. The molecule has 3 rings (SSSR count). The predicted molar refractivity (Wildman–Crippen MR) is 69.8 cm³/mol. The molecule has 2 N–H and O–H groups in total. The van der Waals surface area contributed by atoms with Gasteiger partial charge in [0.05, 0.1) is 0 Å². The zero-order chi connectivity index (χ0) is 14.3. The van der Waals surface area contributed by atoms with Crippen molar-refractivity contribution in [3.8, 4) is 5.75 Å². The van der Waals surface area contributed by atoms with Gasteiger partial charge in [0.15, 0.2) is 5.75 Å². The minimum atomic E-state index is -4.46. The van der Waals surface area contributed by atoms with Crippen molar-refractivity contribution in [2.75, 3.05) is 0 Å². The number of rotatable bonds is 3. The van der Waals surface area contributed by atoms with Crippen LogP contribution in [0.15, 0.2) is 27.4 Å². The number of hydrogen-bond acceptors (Lipinski definition) is 5. The average molecular weight is 297 g/mol. The maximum Gasteiger partial charge on any atom is 0.364 e. The highest BCUT2D eigenvalue weighted by Gasteiger charge is 2.19. The Hall–Kier alpha value is -1.90. The summed E-state index contributed by atoms with van der Waals surface area (Å²) in [5.41, 5.74) is 1.64. The molecule has 0 unspecified atom stereocenters. The van der Waals surface area contributed by atoms with Gasteiger partial charge in [-0.2, -0.15) is 8.42 Å². The van der Waals surface area contributed by atoms with Crippen LogP contribution in [0.1, 0.15) is 17.5 Å². The molecule has 0 saturated carbocycles. The van der Waals surface area contributed by atoms with Crippen LogP contribution in [0.3, 0.4) is 0 Å². The standard InChI is InChI=1S/C12H11NO6S/c14-12-10-3-1-2-8(10)9-5-4-7(6-11(9)18-12)19-13-20(15,16)17/h4-6,13H,1-3H2,(H,15,16,17). The van der Waals surface area contributed by atoms with Crippen LogP contribution in [0.4, 0.5) is 0 Å². The lowest BCUT2D eigenvalue weighted by atomic mass is 10.1. The van der Waals surface area contributed by atoms with E-state index < -0.39 is 10.3 Å². The first-order valence-corrected chi connectivity index (χ1v) is 7.38. The fourth-order valence-electron chi connectivity index (χ4n) is 2.43. The van der Waals surface area contributed by atoms with Crippen molar-refractivity contribution >= 4 is 21.3 Å². The van der Waals surface area contributed by atoms with Crippen molar-refractivity contribution in [3.63, 3.8) is 0 Å². The Bertz CT molecular complexity index is 839. The zero-order valence-electron chi connectivity index (χ0n) is 10.3. The summed E-state index contributed by atoms with van der Waals surface area (Å²) in [6.45, 7) is 0. The summed E-state index contributed by atoms with van der Waals surface area (Å²) < 4.78 is 34.8. The number of benzene rings is 1. The van der Waals surface area contributed by atoms with Crippen LogP contribution in [0, 0.1) is 0 Å². The van der Waals surface area contributed by atoms with E-state index in [1.165, 1.54) is 17.0 Å². The van der Waals surface area contributed by atoms with Crippen LogP contribution in [0.2, 0.25) is 0 Å². The molecule has 0 aliphatic heterocycles. The monoisotopic (exact) mass is 297 g/mol. The first-order valence-electron chi connectivity index (χ1n) is 5.94. The van der Waals surface area contributed by atoms with Crippen LogP contribution >= 0.6 is 0 Å². The van der Waals surface area contributed by atoms with Crippen molar-refractivity contribution in [1.82, 2.24) is 4.89 Å². The van der Waals surface area contributed by atoms with Crippen LogP contribution < -0.4 is 15.3 Å². The van der Waals surface area contributed by atoms with E-state index in [0.29, 0.717) is 11.1 Å². The molecule has 20 heavy (non-hydrogen) atoms. The number of fused-ring (bicyclic) bond motifs is 3. The highest BCUT2D eigenvalue weighted by Crippen LogP contribution is 2.29. The third kappa shape index (κ3) is 2.40. The van der Waals surface area contributed by atoms with E-state index in [4.69, 9.17) is 8.97 Å². The summed E-state index contributed by atoms with van der Waals surface area (Å²) in [6, 6.07) is 4.62. The number of aryl methyl sites for hydroxylation is 1. The molecule has 1 aliphatic carbocycles. The molecule has 0 radical (unpaired) electrons. The van der Waals surface area contributed by atoms with Crippen LogP contribution in [-0.2, 0) is 23.1 Å². The fourth-order valence-corrected chi connectivity index (χ4v) is 2.63. The molecule has 1 heterocycles. The van der Waals surface area contributed by atoms with Crippen molar-refractivity contribution < 1.29 is 22.2 Å². The zero-order valence-corrected chi connectivity index (χ0v) is 11.1. The molecule has 1 aromatic heterocycles. The smallest absolute Gasteiger partial charge is 0.364 e. The van der Waals surface area contributed by atoms with Crippen LogP contribution in [0.5, 0.6) is 5.75 Å². The van der Waals surface area contributed by atoms with Gasteiger partial charge in [0.25, 0.3) is 0 Å². The second kappa shape index (κ2) is 4.58. The van der Waals surface area contributed by atoms with Gasteiger partial charge in [-0.15, -0.1) is 0 Å². The molecule has 0 amide bonds. The van der Waals surface area contributed by atoms with Gasteiger partial charge in [-0.05, 0) is 41.8 Å². The van der Waals surface area contributed by atoms with Gasteiger partial charge in [-0.1, -0.05) is 0 Å². The molecule has 7 nitrogen and oxygen atoms in total. The largest absolute Gasteiger partial charge is 0.422 e. The van der Waals surface area contributed by atoms with E-state index in [-0.39, 0.29) is 11.4 Å². The van der Waals surface area contributed by atoms with Gasteiger partial charge in [-0.25, -0.2) is 4.79 Å². The average Bonchev–Trinajstić information content (AvgIpc) is 2.85. The molecule has 0 fully saturated rings. The number of hydrogen-bond donors (Lipinski definition) is 2. The molecule has 106 valence electrons. The molecule has 2 aromatic rings. The minimum absolute atomic E-state index is 0.108. The van der Waals surface area contributed by atoms with E-state index in [9.17, 15) is 13.2 Å². The summed E-state index contributed by atoms with van der Waals surface area (Å²) in [5.74, 6) is 0.108. The number of nitrogens with one attached hydrogen (secondary N) is 1. The van der Waals surface area contributed by atoms with E-state index in [0.717, 1.165) is 30.2 Å². The van der Waals surface area contributed by atoms with Gasteiger partial charge < -0.3 is 9.25 Å². The summed E-state index contributed by atoms with van der Waals surface area (Å²) in [7, 11) is -4.46. The first-order chi connectivity index (χ1) is 9.44. The van der Waals surface area contributed by atoms with Gasteiger partial charge in [0, 0.05) is 17.0 Å². The maximum atomic E-state index is 11.8. The Morgan fingerprint density at radius 1 is 1.25 bits per heavy atom. The lowest BCUT2D eigenvalue weighted by Gasteiger charge is -2.07.